The molecule has 2 aromatic rings. The molecule has 0 aliphatic carbocycles. The third-order valence-electron chi connectivity index (χ3n) is 5.68. The Morgan fingerprint density at radius 1 is 1.06 bits per heavy atom. The Kier molecular flexibility index (Phi) is 9.16. The van der Waals surface area contributed by atoms with E-state index >= 15 is 0 Å². The Balaban J connectivity index is 1.50. The van der Waals surface area contributed by atoms with Gasteiger partial charge < -0.3 is 29.5 Å². The number of aromatic carboxylic acids is 1. The molecule has 1 aliphatic heterocycles. The van der Waals surface area contributed by atoms with Gasteiger partial charge in [-0.15, -0.1) is 0 Å². The van der Waals surface area contributed by atoms with Crippen molar-refractivity contribution in [3.05, 3.63) is 65.2 Å². The van der Waals surface area contributed by atoms with E-state index < -0.39 is 17.7 Å². The summed E-state index contributed by atoms with van der Waals surface area (Å²) in [6.45, 7) is 7.17. The number of benzene rings is 2. The van der Waals surface area contributed by atoms with Crippen molar-refractivity contribution in [2.45, 2.75) is 52.4 Å². The molecular weight excluding hydrogens is 464 g/mol. The summed E-state index contributed by atoms with van der Waals surface area (Å²) < 4.78 is 16.7. The molecule has 1 fully saturated rings. The number of carbonyl (C=O) groups excluding carboxylic acids is 2. The molecule has 0 unspecified atom stereocenters. The number of hydrogen-bond donors (Lipinski definition) is 2. The Morgan fingerprint density at radius 3 is 2.39 bits per heavy atom. The lowest BCUT2D eigenvalue weighted by molar-refractivity contribution is 0.0522. The molecular formula is C27H34N2O7. The van der Waals surface area contributed by atoms with Gasteiger partial charge in [0.15, 0.2) is 0 Å². The summed E-state index contributed by atoms with van der Waals surface area (Å²) in [5, 5.41) is 12.0. The zero-order chi connectivity index (χ0) is 26.1. The fourth-order valence-corrected chi connectivity index (χ4v) is 3.77. The summed E-state index contributed by atoms with van der Waals surface area (Å²) in [6, 6.07) is 14.1. The number of nitrogens with zero attached hydrogens (tertiary/aromatic N) is 1. The number of carboxylic acids is 1. The van der Waals surface area contributed by atoms with Crippen LogP contribution in [0.25, 0.3) is 0 Å². The van der Waals surface area contributed by atoms with Crippen molar-refractivity contribution in [1.82, 2.24) is 10.2 Å². The lowest BCUT2D eigenvalue weighted by Gasteiger charge is -2.31. The van der Waals surface area contributed by atoms with E-state index in [1.807, 2.05) is 30.3 Å². The Bertz CT molecular complexity index is 1040. The van der Waals surface area contributed by atoms with Crippen molar-refractivity contribution in [2.24, 2.45) is 5.92 Å². The van der Waals surface area contributed by atoms with Crippen LogP contribution in [0.15, 0.2) is 48.5 Å². The summed E-state index contributed by atoms with van der Waals surface area (Å²) >= 11 is 0. The monoisotopic (exact) mass is 498 g/mol. The predicted molar refractivity (Wildman–Crippen MR) is 133 cm³/mol. The quantitative estimate of drug-likeness (QED) is 0.535. The van der Waals surface area contributed by atoms with Crippen LogP contribution in [0.1, 0.15) is 55.1 Å². The van der Waals surface area contributed by atoms with Crippen molar-refractivity contribution in [1.29, 1.82) is 0 Å². The summed E-state index contributed by atoms with van der Waals surface area (Å²) in [7, 11) is 0. The zero-order valence-corrected chi connectivity index (χ0v) is 21.0. The second kappa shape index (κ2) is 12.3. The normalized spacial score (nSPS) is 14.1. The lowest BCUT2D eigenvalue weighted by atomic mass is 9.98. The van der Waals surface area contributed by atoms with E-state index in [9.17, 15) is 19.5 Å². The Hall–Kier alpha value is -3.75. The van der Waals surface area contributed by atoms with Gasteiger partial charge in [-0.2, -0.15) is 0 Å². The maximum absolute atomic E-state index is 12.4. The highest BCUT2D eigenvalue weighted by atomic mass is 16.6. The van der Waals surface area contributed by atoms with Crippen LogP contribution in [-0.2, 0) is 22.6 Å². The van der Waals surface area contributed by atoms with Crippen molar-refractivity contribution < 1.29 is 33.7 Å². The highest BCUT2D eigenvalue weighted by molar-refractivity contribution is 5.88. The lowest BCUT2D eigenvalue weighted by Crippen LogP contribution is -2.40. The second-order valence-corrected chi connectivity index (χ2v) is 9.76. The molecule has 9 nitrogen and oxygen atoms in total. The van der Waals surface area contributed by atoms with Crippen molar-refractivity contribution in [3.63, 3.8) is 0 Å². The van der Waals surface area contributed by atoms with Crippen LogP contribution < -0.4 is 10.1 Å². The van der Waals surface area contributed by atoms with Crippen molar-refractivity contribution in [2.75, 3.05) is 19.7 Å². The van der Waals surface area contributed by atoms with Crippen LogP contribution in [-0.4, -0.2) is 53.5 Å². The van der Waals surface area contributed by atoms with Gasteiger partial charge in [0, 0.05) is 25.2 Å². The van der Waals surface area contributed by atoms with E-state index in [1.165, 1.54) is 12.1 Å². The van der Waals surface area contributed by atoms with Gasteiger partial charge >= 0.3 is 18.2 Å². The van der Waals surface area contributed by atoms with E-state index in [-0.39, 0.29) is 30.7 Å². The minimum Gasteiger partial charge on any atom is -0.493 e. The molecule has 0 bridgehead atoms. The molecule has 2 aromatic carbocycles. The molecule has 3 rings (SSSR count). The number of carboxylic acid groups (broad SMARTS) is 1. The van der Waals surface area contributed by atoms with Gasteiger partial charge in [-0.25, -0.2) is 14.4 Å². The fraction of sp³-hybridized carbons (Fsp3) is 0.444. The minimum atomic E-state index is -1.06. The summed E-state index contributed by atoms with van der Waals surface area (Å²) in [5.74, 6) is -0.332. The summed E-state index contributed by atoms with van der Waals surface area (Å²) in [6.07, 6.45) is 0.608. The number of alkyl carbamates (subject to hydrolysis) is 1. The van der Waals surface area contributed by atoms with Crippen LogP contribution in [0.5, 0.6) is 5.75 Å². The smallest absolute Gasteiger partial charge is 0.410 e. The van der Waals surface area contributed by atoms with Gasteiger partial charge in [-0.3, -0.25) is 0 Å². The average molecular weight is 499 g/mol. The molecule has 194 valence electrons. The Morgan fingerprint density at radius 2 is 1.75 bits per heavy atom. The molecule has 0 saturated carbocycles. The predicted octanol–water partition coefficient (Wildman–Crippen LogP) is 4.84. The first-order valence-electron chi connectivity index (χ1n) is 12.0. The molecule has 0 spiro atoms. The maximum Gasteiger partial charge on any atom is 0.410 e. The molecule has 1 saturated heterocycles. The van der Waals surface area contributed by atoms with E-state index in [1.54, 1.807) is 31.7 Å². The SMILES string of the molecule is CC(C)(C)OC(=O)NCc1cc(C(=O)O)ccc1OCC1CCN(C(=O)OCc2ccccc2)CC1. The first kappa shape index (κ1) is 26.8. The number of nitrogens with one attached hydrogen (secondary N) is 1. The number of likely N-dealkylation sites (tertiary alicyclic amines) is 1. The number of rotatable bonds is 8. The topological polar surface area (TPSA) is 114 Å². The first-order chi connectivity index (χ1) is 17.1. The molecule has 0 aromatic heterocycles. The van der Waals surface area contributed by atoms with E-state index in [2.05, 4.69) is 5.32 Å². The maximum atomic E-state index is 12.4. The average Bonchev–Trinajstić information content (AvgIpc) is 2.85. The van der Waals surface area contributed by atoms with E-state index in [4.69, 9.17) is 14.2 Å². The van der Waals surface area contributed by atoms with Crippen molar-refractivity contribution >= 4 is 18.2 Å². The largest absolute Gasteiger partial charge is 0.493 e. The third-order valence-corrected chi connectivity index (χ3v) is 5.68. The van der Waals surface area contributed by atoms with E-state index in [0.717, 1.165) is 18.4 Å². The fourth-order valence-electron chi connectivity index (χ4n) is 3.77. The number of piperidine rings is 1. The molecule has 36 heavy (non-hydrogen) atoms. The van der Waals surface area contributed by atoms with Crippen molar-refractivity contribution in [3.8, 4) is 5.75 Å². The first-order valence-corrected chi connectivity index (χ1v) is 12.0. The summed E-state index contributed by atoms with van der Waals surface area (Å²) in [5.41, 5.74) is 0.947. The molecule has 9 heteroatoms. The Labute approximate surface area is 211 Å². The molecule has 0 atom stereocenters. The van der Waals surface area contributed by atoms with Crippen LogP contribution in [0.3, 0.4) is 0 Å². The second-order valence-electron chi connectivity index (χ2n) is 9.76. The number of carbonyl (C=O) groups is 3. The third kappa shape index (κ3) is 8.48. The molecule has 1 aliphatic rings. The van der Waals surface area contributed by atoms with Gasteiger partial charge in [-0.05, 0) is 63.3 Å². The zero-order valence-electron chi connectivity index (χ0n) is 21.0. The van der Waals surface area contributed by atoms with Gasteiger partial charge in [0.05, 0.1) is 12.2 Å². The number of ether oxygens (including phenoxy) is 3. The van der Waals surface area contributed by atoms with Crippen LogP contribution in [0.2, 0.25) is 0 Å². The number of hydrogen-bond acceptors (Lipinski definition) is 6. The highest BCUT2D eigenvalue weighted by Gasteiger charge is 2.25. The number of amides is 2. The highest BCUT2D eigenvalue weighted by Crippen LogP contribution is 2.24. The summed E-state index contributed by atoms with van der Waals surface area (Å²) in [4.78, 5) is 37.5. The molecule has 2 amide bonds. The molecule has 2 N–H and O–H groups in total. The molecule has 0 radical (unpaired) electrons. The van der Waals surface area contributed by atoms with E-state index in [0.29, 0.717) is 31.0 Å². The minimum absolute atomic E-state index is 0.0665. The van der Waals surface area contributed by atoms with Gasteiger partial charge in [-0.1, -0.05) is 30.3 Å². The van der Waals surface area contributed by atoms with Crippen LogP contribution >= 0.6 is 0 Å². The van der Waals surface area contributed by atoms with Gasteiger partial charge in [0.2, 0.25) is 0 Å². The van der Waals surface area contributed by atoms with Crippen LogP contribution in [0.4, 0.5) is 9.59 Å². The van der Waals surface area contributed by atoms with Gasteiger partial charge in [0.1, 0.15) is 18.0 Å². The molecule has 1 heterocycles. The van der Waals surface area contributed by atoms with Crippen LogP contribution in [0, 0.1) is 5.92 Å². The van der Waals surface area contributed by atoms with Gasteiger partial charge in [0.25, 0.3) is 0 Å². The standard InChI is InChI=1S/C27H34N2O7/c1-27(2,3)36-25(32)28-16-22-15-21(24(30)31)9-10-23(22)34-17-20-11-13-29(14-12-20)26(33)35-18-19-7-5-4-6-8-19/h4-10,15,20H,11-14,16-18H2,1-3H3,(H,28,32)(H,30,31).